The molecule has 0 atom stereocenters. The van der Waals surface area contributed by atoms with Crippen LogP contribution >= 0.6 is 0 Å². The van der Waals surface area contributed by atoms with Crippen LogP contribution < -0.4 is 16.2 Å². The van der Waals surface area contributed by atoms with E-state index in [1.165, 1.54) is 4.90 Å². The standard InChI is InChI=1S/C20H16N4O2/c21-12-19(25)24(18-10-9-13-5-1-3-7-15(13)22-18)17-11-14-6-2-4-8-16(14)23-20(17)26/h1-11H,12,21H2,(H,23,26). The van der Waals surface area contributed by atoms with Crippen molar-refractivity contribution in [3.05, 3.63) is 77.1 Å². The summed E-state index contributed by atoms with van der Waals surface area (Å²) in [4.78, 5) is 33.8. The van der Waals surface area contributed by atoms with E-state index in [4.69, 9.17) is 5.73 Å². The van der Waals surface area contributed by atoms with Crippen molar-refractivity contribution < 1.29 is 4.79 Å². The van der Waals surface area contributed by atoms with Crippen LogP contribution in [0, 0.1) is 0 Å². The maximum Gasteiger partial charge on any atom is 0.272 e. The number of para-hydroxylation sites is 2. The number of hydrogen-bond donors (Lipinski definition) is 2. The summed E-state index contributed by atoms with van der Waals surface area (Å²) in [7, 11) is 0. The van der Waals surface area contributed by atoms with Crippen LogP contribution in [0.25, 0.3) is 21.8 Å². The Balaban J connectivity index is 1.94. The van der Waals surface area contributed by atoms with Gasteiger partial charge in [-0.1, -0.05) is 36.4 Å². The van der Waals surface area contributed by atoms with Crippen LogP contribution in [0.3, 0.4) is 0 Å². The van der Waals surface area contributed by atoms with Crippen molar-refractivity contribution in [3.8, 4) is 0 Å². The SMILES string of the molecule is NCC(=O)N(c1ccc2ccccc2n1)c1cc2ccccc2[nH]c1=O. The molecule has 0 fully saturated rings. The highest BCUT2D eigenvalue weighted by Gasteiger charge is 2.21. The van der Waals surface area contributed by atoms with Gasteiger partial charge in [0.25, 0.3) is 5.56 Å². The lowest BCUT2D eigenvalue weighted by Crippen LogP contribution is -2.36. The molecule has 4 rings (SSSR count). The van der Waals surface area contributed by atoms with Crippen molar-refractivity contribution in [3.63, 3.8) is 0 Å². The second-order valence-corrected chi connectivity index (χ2v) is 5.87. The zero-order valence-electron chi connectivity index (χ0n) is 13.8. The predicted octanol–water partition coefficient (Wildman–Crippen LogP) is 2.70. The number of hydrogen-bond acceptors (Lipinski definition) is 4. The fourth-order valence-corrected chi connectivity index (χ4v) is 2.96. The molecule has 0 radical (unpaired) electrons. The second-order valence-electron chi connectivity index (χ2n) is 5.87. The molecule has 0 spiro atoms. The number of carbonyl (C=O) groups excluding carboxylic acids is 1. The van der Waals surface area contributed by atoms with Crippen LogP contribution in [0.1, 0.15) is 0 Å². The van der Waals surface area contributed by atoms with E-state index in [1.54, 1.807) is 12.1 Å². The molecule has 0 saturated carbocycles. The molecule has 1 amide bonds. The Morgan fingerprint density at radius 1 is 1.00 bits per heavy atom. The van der Waals surface area contributed by atoms with E-state index in [1.807, 2.05) is 54.6 Å². The lowest BCUT2D eigenvalue weighted by Gasteiger charge is -2.21. The summed E-state index contributed by atoms with van der Waals surface area (Å²) < 4.78 is 0. The van der Waals surface area contributed by atoms with Gasteiger partial charge in [-0.05, 0) is 30.3 Å². The third-order valence-corrected chi connectivity index (χ3v) is 4.21. The molecule has 6 heteroatoms. The zero-order valence-corrected chi connectivity index (χ0v) is 13.8. The fourth-order valence-electron chi connectivity index (χ4n) is 2.96. The summed E-state index contributed by atoms with van der Waals surface area (Å²) in [6.07, 6.45) is 0. The largest absolute Gasteiger partial charge is 0.322 e. The van der Waals surface area contributed by atoms with Crippen LogP contribution in [0.15, 0.2) is 71.5 Å². The highest BCUT2D eigenvalue weighted by molar-refractivity contribution is 6.02. The third kappa shape index (κ3) is 2.72. The number of aromatic nitrogens is 2. The van der Waals surface area contributed by atoms with Crippen LogP contribution in [0.5, 0.6) is 0 Å². The Hall–Kier alpha value is -3.51. The fraction of sp³-hybridized carbons (Fsp3) is 0.0500. The number of H-pyrrole nitrogens is 1. The number of rotatable bonds is 3. The van der Waals surface area contributed by atoms with Crippen LogP contribution in [0.4, 0.5) is 11.5 Å². The average molecular weight is 344 g/mol. The van der Waals surface area contributed by atoms with Gasteiger partial charge in [-0.15, -0.1) is 0 Å². The lowest BCUT2D eigenvalue weighted by atomic mass is 10.2. The van der Waals surface area contributed by atoms with E-state index in [2.05, 4.69) is 9.97 Å². The number of nitrogens with zero attached hydrogens (tertiary/aromatic N) is 2. The van der Waals surface area contributed by atoms with Gasteiger partial charge in [0.05, 0.1) is 12.1 Å². The molecule has 4 aromatic rings. The molecule has 26 heavy (non-hydrogen) atoms. The van der Waals surface area contributed by atoms with Crippen LogP contribution in [0.2, 0.25) is 0 Å². The van der Waals surface area contributed by atoms with Gasteiger partial charge >= 0.3 is 0 Å². The molecule has 128 valence electrons. The van der Waals surface area contributed by atoms with Gasteiger partial charge in [-0.3, -0.25) is 14.5 Å². The Morgan fingerprint density at radius 3 is 2.54 bits per heavy atom. The van der Waals surface area contributed by atoms with E-state index < -0.39 is 5.91 Å². The zero-order chi connectivity index (χ0) is 18.1. The molecule has 2 aromatic heterocycles. The molecule has 3 N–H and O–H groups in total. The molecular formula is C20H16N4O2. The molecule has 0 unspecified atom stereocenters. The first-order valence-electron chi connectivity index (χ1n) is 8.18. The number of carbonyl (C=O) groups is 1. The first-order chi connectivity index (χ1) is 12.7. The Bertz CT molecular complexity index is 1180. The van der Waals surface area contributed by atoms with Crippen LogP contribution in [-0.2, 0) is 4.79 Å². The molecule has 0 saturated heterocycles. The van der Waals surface area contributed by atoms with Gasteiger partial charge in [0, 0.05) is 16.3 Å². The number of anilines is 2. The molecule has 2 heterocycles. The van der Waals surface area contributed by atoms with E-state index >= 15 is 0 Å². The van der Waals surface area contributed by atoms with Crippen molar-refractivity contribution in [2.75, 3.05) is 11.4 Å². The van der Waals surface area contributed by atoms with Crippen molar-refractivity contribution in [2.24, 2.45) is 5.73 Å². The second kappa shape index (κ2) is 6.42. The Kier molecular flexibility index (Phi) is 3.95. The summed E-state index contributed by atoms with van der Waals surface area (Å²) in [6, 6.07) is 20.2. The Morgan fingerprint density at radius 2 is 1.73 bits per heavy atom. The molecule has 0 bridgehead atoms. The normalized spacial score (nSPS) is 11.0. The summed E-state index contributed by atoms with van der Waals surface area (Å²) in [5.41, 5.74) is 6.85. The van der Waals surface area contributed by atoms with E-state index in [9.17, 15) is 9.59 Å². The van der Waals surface area contributed by atoms with Crippen molar-refractivity contribution in [2.45, 2.75) is 0 Å². The Labute approximate surface area is 148 Å². The highest BCUT2D eigenvalue weighted by atomic mass is 16.2. The van der Waals surface area contributed by atoms with Crippen LogP contribution in [-0.4, -0.2) is 22.4 Å². The summed E-state index contributed by atoms with van der Waals surface area (Å²) in [5.74, 6) is -0.0477. The van der Waals surface area contributed by atoms with Crippen molar-refractivity contribution in [1.29, 1.82) is 0 Å². The molecular weight excluding hydrogens is 328 g/mol. The van der Waals surface area contributed by atoms with Gasteiger partial charge < -0.3 is 10.7 Å². The number of benzene rings is 2. The minimum absolute atomic E-state index is 0.196. The van der Waals surface area contributed by atoms with Gasteiger partial charge in [0.15, 0.2) is 0 Å². The first kappa shape index (κ1) is 16.0. The van der Waals surface area contributed by atoms with E-state index in [0.29, 0.717) is 11.3 Å². The smallest absolute Gasteiger partial charge is 0.272 e. The average Bonchev–Trinajstić information content (AvgIpc) is 2.68. The van der Waals surface area contributed by atoms with Gasteiger partial charge in [0.1, 0.15) is 11.5 Å². The third-order valence-electron chi connectivity index (χ3n) is 4.21. The number of nitrogens with one attached hydrogen (secondary N) is 1. The van der Waals surface area contributed by atoms with Crippen molar-refractivity contribution >= 4 is 39.2 Å². The number of aromatic amines is 1. The van der Waals surface area contributed by atoms with Crippen molar-refractivity contribution in [1.82, 2.24) is 9.97 Å². The first-order valence-corrected chi connectivity index (χ1v) is 8.18. The minimum Gasteiger partial charge on any atom is -0.322 e. The summed E-state index contributed by atoms with van der Waals surface area (Å²) in [6.45, 7) is -0.235. The van der Waals surface area contributed by atoms with E-state index in [0.717, 1.165) is 16.3 Å². The monoisotopic (exact) mass is 344 g/mol. The predicted molar refractivity (Wildman–Crippen MR) is 103 cm³/mol. The summed E-state index contributed by atoms with van der Waals surface area (Å²) >= 11 is 0. The number of pyridine rings is 2. The quantitative estimate of drug-likeness (QED) is 0.598. The molecule has 0 aliphatic carbocycles. The molecule has 6 nitrogen and oxygen atoms in total. The van der Waals surface area contributed by atoms with E-state index in [-0.39, 0.29) is 17.8 Å². The van der Waals surface area contributed by atoms with Gasteiger partial charge in [-0.2, -0.15) is 0 Å². The number of fused-ring (bicyclic) bond motifs is 2. The highest BCUT2D eigenvalue weighted by Crippen LogP contribution is 2.25. The topological polar surface area (TPSA) is 92.1 Å². The maximum absolute atomic E-state index is 12.6. The minimum atomic E-state index is -0.409. The van der Waals surface area contributed by atoms with Gasteiger partial charge in [-0.25, -0.2) is 4.98 Å². The number of nitrogens with two attached hydrogens (primary N) is 1. The van der Waals surface area contributed by atoms with Gasteiger partial charge in [0.2, 0.25) is 5.91 Å². The lowest BCUT2D eigenvalue weighted by molar-refractivity contribution is -0.116. The maximum atomic E-state index is 12.6. The number of amides is 1. The summed E-state index contributed by atoms with van der Waals surface area (Å²) in [5, 5.41) is 1.77. The molecule has 2 aromatic carbocycles. The molecule has 0 aliphatic rings. The molecule has 0 aliphatic heterocycles.